The molecule has 0 unspecified atom stereocenters. The van der Waals surface area contributed by atoms with E-state index >= 15 is 0 Å². The third-order valence-corrected chi connectivity index (χ3v) is 4.64. The topological polar surface area (TPSA) is 190 Å². The van der Waals surface area contributed by atoms with E-state index in [4.69, 9.17) is 9.68 Å². The Labute approximate surface area is 205 Å². The summed E-state index contributed by atoms with van der Waals surface area (Å²) in [5, 5.41) is 27.0. The van der Waals surface area contributed by atoms with Crippen LogP contribution in [0.4, 0.5) is 21.0 Å². The summed E-state index contributed by atoms with van der Waals surface area (Å²) in [4.78, 5) is 56.2. The van der Waals surface area contributed by atoms with Gasteiger partial charge in [0.1, 0.15) is 0 Å². The molecule has 2 aromatic carbocycles. The molecule has 2 rings (SSSR count). The predicted octanol–water partition coefficient (Wildman–Crippen LogP) is 2.10. The molecule has 0 fully saturated rings. The average Bonchev–Trinajstić information content (AvgIpc) is 2.86. The lowest BCUT2D eigenvalue weighted by Gasteiger charge is -2.17. The van der Waals surface area contributed by atoms with Crippen LogP contribution in [0.25, 0.3) is 0 Å². The Morgan fingerprint density at radius 2 is 1.17 bits per heavy atom. The maximum atomic E-state index is 11.8. The summed E-state index contributed by atoms with van der Waals surface area (Å²) in [5.74, 6) is -0.153. The van der Waals surface area contributed by atoms with Crippen molar-refractivity contribution in [2.45, 2.75) is 12.8 Å². The maximum Gasteiger partial charge on any atom is 0.347 e. The van der Waals surface area contributed by atoms with E-state index in [-0.39, 0.29) is 22.9 Å². The van der Waals surface area contributed by atoms with Crippen LogP contribution in [-0.2, 0) is 0 Å². The van der Waals surface area contributed by atoms with Gasteiger partial charge in [0.2, 0.25) is 11.5 Å². The van der Waals surface area contributed by atoms with E-state index < -0.39 is 21.9 Å². The first kappa shape index (κ1) is 27.6. The van der Waals surface area contributed by atoms with Crippen molar-refractivity contribution in [3.63, 3.8) is 0 Å². The minimum absolute atomic E-state index is 0.0763. The van der Waals surface area contributed by atoms with Crippen molar-refractivity contribution >= 4 is 23.4 Å². The molecule has 0 atom stereocenters. The lowest BCUT2D eigenvalue weighted by Crippen LogP contribution is -2.39. The normalized spacial score (nSPS) is 10.3. The molecule has 0 radical (unpaired) electrons. The summed E-state index contributed by atoms with van der Waals surface area (Å²) in [6.45, 7) is 2.02. The van der Waals surface area contributed by atoms with Crippen LogP contribution in [-0.4, -0.2) is 60.0 Å². The smallest absolute Gasteiger partial charge is 0.347 e. The molecule has 0 aromatic heterocycles. The lowest BCUT2D eigenvalue weighted by molar-refractivity contribution is -0.386. The third-order valence-electron chi connectivity index (χ3n) is 4.64. The van der Waals surface area contributed by atoms with E-state index in [9.17, 15) is 29.8 Å². The molecule has 4 amide bonds. The standard InChI is InChI=1S/C21H27N7O8/c1-26(14-6-12-22-20(29)24-35-18-10-4-2-8-16(18)27(31)32)15-7-13-23-21(30)25-36-19-11-5-3-9-17(19)28(33)34/h2-5,8-11H,6-7,12-15H2,1H3,(H2,22,24,29)(H2,23,25,30). The number of carbonyl (C=O) groups is 2. The maximum absolute atomic E-state index is 11.8. The first-order valence-electron chi connectivity index (χ1n) is 10.8. The van der Waals surface area contributed by atoms with Gasteiger partial charge in [0.15, 0.2) is 0 Å². The van der Waals surface area contributed by atoms with Gasteiger partial charge >= 0.3 is 23.4 Å². The van der Waals surface area contributed by atoms with Crippen LogP contribution in [0.5, 0.6) is 11.5 Å². The highest BCUT2D eigenvalue weighted by atomic mass is 16.7. The number of nitrogens with zero attached hydrogens (tertiary/aromatic N) is 3. The van der Waals surface area contributed by atoms with Gasteiger partial charge in [-0.05, 0) is 45.1 Å². The SMILES string of the molecule is CN(CCCNC(=O)NOc1ccccc1[N+](=O)[O-])CCCNC(=O)NOc1ccccc1[N+](=O)[O-]. The molecule has 15 nitrogen and oxygen atoms in total. The molecule has 36 heavy (non-hydrogen) atoms. The molecule has 0 aliphatic carbocycles. The third kappa shape index (κ3) is 9.68. The van der Waals surface area contributed by atoms with E-state index in [1.54, 1.807) is 12.1 Å². The first-order chi connectivity index (χ1) is 17.3. The number of nitrogens with one attached hydrogen (secondary N) is 4. The van der Waals surface area contributed by atoms with E-state index in [1.165, 1.54) is 36.4 Å². The molecule has 0 aliphatic rings. The minimum Gasteiger partial charge on any atom is -0.371 e. The van der Waals surface area contributed by atoms with Crippen molar-refractivity contribution in [3.8, 4) is 11.5 Å². The number of carbonyl (C=O) groups excluding carboxylic acids is 2. The molecular weight excluding hydrogens is 478 g/mol. The molecule has 0 aliphatic heterocycles. The van der Waals surface area contributed by atoms with Gasteiger partial charge < -0.3 is 25.2 Å². The molecule has 0 saturated heterocycles. The fourth-order valence-electron chi connectivity index (χ4n) is 2.88. The van der Waals surface area contributed by atoms with Crippen LogP contribution in [0.3, 0.4) is 0 Å². The summed E-state index contributed by atoms with van der Waals surface area (Å²) >= 11 is 0. The van der Waals surface area contributed by atoms with Gasteiger partial charge in [0.25, 0.3) is 0 Å². The fraction of sp³-hybridized carbons (Fsp3) is 0.333. The zero-order valence-corrected chi connectivity index (χ0v) is 19.5. The van der Waals surface area contributed by atoms with Crippen LogP contribution in [0.1, 0.15) is 12.8 Å². The van der Waals surface area contributed by atoms with E-state index in [0.29, 0.717) is 39.0 Å². The summed E-state index contributed by atoms with van der Waals surface area (Å²) in [7, 11) is 1.88. The number of amides is 4. The van der Waals surface area contributed by atoms with E-state index in [1.807, 2.05) is 11.9 Å². The Morgan fingerprint density at radius 1 is 0.778 bits per heavy atom. The molecule has 2 aromatic rings. The monoisotopic (exact) mass is 505 g/mol. The van der Waals surface area contributed by atoms with Crippen molar-refractivity contribution in [2.75, 3.05) is 33.2 Å². The van der Waals surface area contributed by atoms with E-state index in [0.717, 1.165) is 0 Å². The highest BCUT2D eigenvalue weighted by Crippen LogP contribution is 2.25. The van der Waals surface area contributed by atoms with Crippen LogP contribution in [0, 0.1) is 20.2 Å². The van der Waals surface area contributed by atoms with Gasteiger partial charge in [-0.1, -0.05) is 24.3 Å². The quantitative estimate of drug-likeness (QED) is 0.169. The molecular formula is C21H27N7O8. The number of nitro benzene ring substituents is 2. The highest BCUT2D eigenvalue weighted by molar-refractivity contribution is 5.73. The van der Waals surface area contributed by atoms with Gasteiger partial charge in [-0.3, -0.25) is 20.2 Å². The zero-order valence-electron chi connectivity index (χ0n) is 19.5. The van der Waals surface area contributed by atoms with Crippen molar-refractivity contribution in [3.05, 3.63) is 68.8 Å². The number of urea groups is 2. The van der Waals surface area contributed by atoms with Crippen LogP contribution in [0.15, 0.2) is 48.5 Å². The van der Waals surface area contributed by atoms with Crippen molar-refractivity contribution in [2.24, 2.45) is 0 Å². The molecule has 0 heterocycles. The fourth-order valence-corrected chi connectivity index (χ4v) is 2.88. The Balaban J connectivity index is 1.53. The lowest BCUT2D eigenvalue weighted by atomic mass is 10.3. The molecule has 0 bridgehead atoms. The molecule has 4 N–H and O–H groups in total. The number of rotatable bonds is 14. The number of hydroxylamine groups is 2. The Bertz CT molecular complexity index is 971. The Kier molecular flexibility index (Phi) is 11.2. The predicted molar refractivity (Wildman–Crippen MR) is 127 cm³/mol. The largest absolute Gasteiger partial charge is 0.371 e. The minimum atomic E-state index is -0.630. The summed E-state index contributed by atoms with van der Waals surface area (Å²) in [5.41, 5.74) is 3.68. The summed E-state index contributed by atoms with van der Waals surface area (Å²) in [6.07, 6.45) is 1.26. The van der Waals surface area contributed by atoms with Crippen LogP contribution >= 0.6 is 0 Å². The molecule has 0 saturated carbocycles. The molecule has 0 spiro atoms. The number of hydrogen-bond donors (Lipinski definition) is 4. The zero-order chi connectivity index (χ0) is 26.3. The van der Waals surface area contributed by atoms with Crippen molar-refractivity contribution < 1.29 is 29.1 Å². The van der Waals surface area contributed by atoms with E-state index in [2.05, 4.69) is 21.6 Å². The van der Waals surface area contributed by atoms with Gasteiger partial charge in [0.05, 0.1) is 9.85 Å². The van der Waals surface area contributed by atoms with Gasteiger partial charge in [-0.2, -0.15) is 11.0 Å². The van der Waals surface area contributed by atoms with Crippen LogP contribution in [0.2, 0.25) is 0 Å². The van der Waals surface area contributed by atoms with Crippen molar-refractivity contribution in [1.82, 2.24) is 26.5 Å². The number of benzene rings is 2. The van der Waals surface area contributed by atoms with Crippen molar-refractivity contribution in [1.29, 1.82) is 0 Å². The summed E-state index contributed by atoms with van der Waals surface area (Å²) < 4.78 is 0. The molecule has 15 heteroatoms. The second-order valence-corrected chi connectivity index (χ2v) is 7.38. The summed E-state index contributed by atoms with van der Waals surface area (Å²) in [6, 6.07) is 10.1. The number of nitro groups is 2. The molecule has 194 valence electrons. The first-order valence-corrected chi connectivity index (χ1v) is 10.8. The Morgan fingerprint density at radius 3 is 1.56 bits per heavy atom. The van der Waals surface area contributed by atoms with Crippen LogP contribution < -0.4 is 31.3 Å². The Hall–Kier alpha value is -4.66. The van der Waals surface area contributed by atoms with Gasteiger partial charge in [-0.15, -0.1) is 0 Å². The van der Waals surface area contributed by atoms with Gasteiger partial charge in [-0.25, -0.2) is 9.59 Å². The number of para-hydroxylation sites is 4. The average molecular weight is 505 g/mol. The van der Waals surface area contributed by atoms with Gasteiger partial charge in [0, 0.05) is 25.2 Å². The second-order valence-electron chi connectivity index (χ2n) is 7.38. The highest BCUT2D eigenvalue weighted by Gasteiger charge is 2.16. The second kappa shape index (κ2) is 14.6. The number of hydrogen-bond acceptors (Lipinski definition) is 9.